The summed E-state index contributed by atoms with van der Waals surface area (Å²) in [6.07, 6.45) is 3.49. The Bertz CT molecular complexity index is 507. The Morgan fingerprint density at radius 1 is 1.53 bits per heavy atom. The van der Waals surface area contributed by atoms with Crippen molar-refractivity contribution >= 4 is 31.9 Å². The molecular weight excluding hydrogens is 350 g/mol. The quantitative estimate of drug-likeness (QED) is 0.907. The van der Waals surface area contributed by atoms with Crippen molar-refractivity contribution in [2.24, 2.45) is 0 Å². The summed E-state index contributed by atoms with van der Waals surface area (Å²) in [6, 6.07) is 1.99. The third-order valence-electron chi connectivity index (χ3n) is 2.65. The summed E-state index contributed by atoms with van der Waals surface area (Å²) in [4.78, 5) is 0. The molecule has 1 N–H and O–H groups in total. The van der Waals surface area contributed by atoms with E-state index in [1.165, 1.54) is 0 Å². The van der Waals surface area contributed by atoms with Gasteiger partial charge in [-0.25, -0.2) is 0 Å². The zero-order valence-electron chi connectivity index (χ0n) is 9.58. The highest BCUT2D eigenvalue weighted by atomic mass is 79.9. The lowest BCUT2D eigenvalue weighted by Crippen LogP contribution is -2.21. The molecule has 0 aliphatic heterocycles. The van der Waals surface area contributed by atoms with Crippen LogP contribution in [0.25, 0.3) is 0 Å². The van der Waals surface area contributed by atoms with Crippen molar-refractivity contribution < 1.29 is 4.42 Å². The zero-order chi connectivity index (χ0) is 12.4. The molecule has 4 nitrogen and oxygen atoms in total. The van der Waals surface area contributed by atoms with Crippen LogP contribution in [0.5, 0.6) is 0 Å². The molecule has 6 heteroatoms. The van der Waals surface area contributed by atoms with Crippen LogP contribution in [0.2, 0.25) is 0 Å². The number of hydrogen-bond acceptors (Lipinski definition) is 3. The Kier molecular flexibility index (Phi) is 4.06. The second-order valence-electron chi connectivity index (χ2n) is 3.56. The highest BCUT2D eigenvalue weighted by Crippen LogP contribution is 2.32. The topological polar surface area (TPSA) is 43.0 Å². The molecule has 2 aromatic rings. The molecule has 0 saturated carbocycles. The van der Waals surface area contributed by atoms with Gasteiger partial charge in [-0.15, -0.1) is 0 Å². The Morgan fingerprint density at radius 2 is 2.29 bits per heavy atom. The predicted octanol–water partition coefficient (Wildman–Crippen LogP) is 3.33. The molecule has 92 valence electrons. The Morgan fingerprint density at radius 3 is 2.82 bits per heavy atom. The molecule has 0 spiro atoms. The van der Waals surface area contributed by atoms with Gasteiger partial charge in [-0.1, -0.05) is 0 Å². The number of hydrogen-bond donors (Lipinski definition) is 1. The molecule has 0 aromatic carbocycles. The van der Waals surface area contributed by atoms with Gasteiger partial charge in [0, 0.05) is 12.1 Å². The third kappa shape index (κ3) is 2.34. The van der Waals surface area contributed by atoms with E-state index in [4.69, 9.17) is 4.42 Å². The van der Waals surface area contributed by atoms with Crippen molar-refractivity contribution in [1.82, 2.24) is 15.1 Å². The van der Waals surface area contributed by atoms with Crippen molar-refractivity contribution in [1.29, 1.82) is 0 Å². The molecule has 2 heterocycles. The first kappa shape index (κ1) is 12.9. The average molecular weight is 363 g/mol. The van der Waals surface area contributed by atoms with Crippen molar-refractivity contribution in [3.63, 3.8) is 0 Å². The van der Waals surface area contributed by atoms with E-state index in [0.717, 1.165) is 26.9 Å². The minimum atomic E-state index is 0.0416. The second kappa shape index (κ2) is 5.37. The highest BCUT2D eigenvalue weighted by molar-refractivity contribution is 9.10. The molecular formula is C11H13Br2N3O. The van der Waals surface area contributed by atoms with E-state index in [-0.39, 0.29) is 6.04 Å². The number of nitrogens with zero attached hydrogens (tertiary/aromatic N) is 2. The van der Waals surface area contributed by atoms with Crippen molar-refractivity contribution in [3.05, 3.63) is 38.9 Å². The summed E-state index contributed by atoms with van der Waals surface area (Å²) >= 11 is 6.95. The van der Waals surface area contributed by atoms with E-state index in [2.05, 4.69) is 49.2 Å². The van der Waals surface area contributed by atoms with Gasteiger partial charge in [0.25, 0.3) is 0 Å². The summed E-state index contributed by atoms with van der Waals surface area (Å²) in [6.45, 7) is 2.90. The fourth-order valence-electron chi connectivity index (χ4n) is 1.86. The molecule has 2 aromatic heterocycles. The normalized spacial score (nSPS) is 12.9. The molecule has 0 fully saturated rings. The van der Waals surface area contributed by atoms with Gasteiger partial charge < -0.3 is 9.73 Å². The summed E-state index contributed by atoms with van der Waals surface area (Å²) in [5.41, 5.74) is 2.15. The van der Waals surface area contributed by atoms with Crippen LogP contribution in [0.1, 0.15) is 24.2 Å². The lowest BCUT2D eigenvalue weighted by atomic mass is 10.1. The van der Waals surface area contributed by atoms with E-state index in [9.17, 15) is 0 Å². The highest BCUT2D eigenvalue weighted by Gasteiger charge is 2.23. The van der Waals surface area contributed by atoms with Gasteiger partial charge in [0.2, 0.25) is 0 Å². The smallest absolute Gasteiger partial charge is 0.174 e. The number of halogens is 2. The van der Waals surface area contributed by atoms with Crippen LogP contribution < -0.4 is 5.32 Å². The second-order valence-corrected chi connectivity index (χ2v) is 5.14. The van der Waals surface area contributed by atoms with Gasteiger partial charge in [-0.3, -0.25) is 4.68 Å². The van der Waals surface area contributed by atoms with Gasteiger partial charge in [-0.05, 0) is 51.9 Å². The minimum Gasteiger partial charge on any atom is -0.457 e. The lowest BCUT2D eigenvalue weighted by Gasteiger charge is -2.17. The van der Waals surface area contributed by atoms with Gasteiger partial charge in [0.05, 0.1) is 28.7 Å². The summed E-state index contributed by atoms with van der Waals surface area (Å²) < 4.78 is 8.99. The van der Waals surface area contributed by atoms with E-state index < -0.39 is 0 Å². The fraction of sp³-hybridized carbons (Fsp3) is 0.364. The van der Waals surface area contributed by atoms with Crippen molar-refractivity contribution in [3.8, 4) is 0 Å². The third-order valence-corrected chi connectivity index (χ3v) is 3.91. The molecule has 0 radical (unpaired) electrons. The Balaban J connectivity index is 2.49. The molecule has 0 bridgehead atoms. The summed E-state index contributed by atoms with van der Waals surface area (Å²) in [5, 5.41) is 7.61. The number of nitrogens with one attached hydrogen (secondary N) is 1. The van der Waals surface area contributed by atoms with Gasteiger partial charge in [0.15, 0.2) is 4.67 Å². The van der Waals surface area contributed by atoms with E-state index in [1.807, 2.05) is 24.0 Å². The number of furan rings is 1. The average Bonchev–Trinajstić information content (AvgIpc) is 2.89. The van der Waals surface area contributed by atoms with Crippen LogP contribution >= 0.6 is 31.9 Å². The number of rotatable bonds is 4. The first-order valence-corrected chi connectivity index (χ1v) is 6.89. The number of aryl methyl sites for hydroxylation is 1. The molecule has 2 rings (SSSR count). The van der Waals surface area contributed by atoms with Gasteiger partial charge in [0.1, 0.15) is 0 Å². The molecule has 1 unspecified atom stereocenters. The maximum Gasteiger partial charge on any atom is 0.174 e. The Labute approximate surface area is 117 Å². The van der Waals surface area contributed by atoms with E-state index in [0.29, 0.717) is 0 Å². The standard InChI is InChI=1S/C11H13Br2N3O/c1-3-16-10(8(12)6-15-16)9(14-2)7-4-5-17-11(7)13/h4-6,9,14H,3H2,1-2H3. The summed E-state index contributed by atoms with van der Waals surface area (Å²) in [5.74, 6) is 0. The van der Waals surface area contributed by atoms with Crippen molar-refractivity contribution in [2.45, 2.75) is 19.5 Å². The SMILES string of the molecule is CCn1ncc(Br)c1C(NC)c1ccoc1Br. The van der Waals surface area contributed by atoms with Crippen LogP contribution in [0.3, 0.4) is 0 Å². The van der Waals surface area contributed by atoms with Crippen LogP contribution in [-0.2, 0) is 6.54 Å². The van der Waals surface area contributed by atoms with Crippen LogP contribution in [-0.4, -0.2) is 16.8 Å². The molecule has 0 amide bonds. The molecule has 1 atom stereocenters. The van der Waals surface area contributed by atoms with E-state index in [1.54, 1.807) is 6.26 Å². The van der Waals surface area contributed by atoms with Gasteiger partial charge >= 0.3 is 0 Å². The maximum absolute atomic E-state index is 5.29. The molecule has 0 saturated heterocycles. The first-order chi connectivity index (χ1) is 8.19. The first-order valence-electron chi connectivity index (χ1n) is 5.30. The lowest BCUT2D eigenvalue weighted by molar-refractivity contribution is 0.519. The predicted molar refractivity (Wildman–Crippen MR) is 72.9 cm³/mol. The van der Waals surface area contributed by atoms with Crippen LogP contribution in [0, 0.1) is 0 Å². The van der Waals surface area contributed by atoms with Crippen molar-refractivity contribution in [2.75, 3.05) is 7.05 Å². The Hall–Kier alpha value is -0.590. The van der Waals surface area contributed by atoms with E-state index >= 15 is 0 Å². The monoisotopic (exact) mass is 361 g/mol. The zero-order valence-corrected chi connectivity index (χ0v) is 12.7. The molecule has 0 aliphatic rings. The number of aromatic nitrogens is 2. The molecule has 0 aliphatic carbocycles. The molecule has 17 heavy (non-hydrogen) atoms. The van der Waals surface area contributed by atoms with Gasteiger partial charge in [-0.2, -0.15) is 5.10 Å². The maximum atomic E-state index is 5.29. The largest absolute Gasteiger partial charge is 0.457 e. The van der Waals surface area contributed by atoms with Crippen LogP contribution in [0.4, 0.5) is 0 Å². The van der Waals surface area contributed by atoms with Crippen LogP contribution in [0.15, 0.2) is 32.1 Å². The minimum absolute atomic E-state index is 0.0416. The summed E-state index contributed by atoms with van der Waals surface area (Å²) in [7, 11) is 1.92. The fourth-order valence-corrected chi connectivity index (χ4v) is 2.85.